The fourth-order valence-electron chi connectivity index (χ4n) is 4.46. The molecule has 18 nitrogen and oxygen atoms in total. The molecule has 0 bridgehead atoms. The predicted molar refractivity (Wildman–Crippen MR) is 152 cm³/mol. The van der Waals surface area contributed by atoms with Crippen LogP contribution in [0.25, 0.3) is 0 Å². The molecule has 45 heavy (non-hydrogen) atoms. The number of ether oxygens (including phenoxy) is 7. The number of amides is 3. The molecule has 2 aliphatic rings. The Hall–Kier alpha value is -2.07. The smallest absolute Gasteiger partial charge is 0.246 e. The Morgan fingerprint density at radius 3 is 1.98 bits per heavy atom. The second kappa shape index (κ2) is 22.5. The minimum Gasteiger partial charge on any atom is -0.394 e. The second-order valence-electron chi connectivity index (χ2n) is 10.4. The summed E-state index contributed by atoms with van der Waals surface area (Å²) in [7, 11) is 0. The number of carbonyl (C=O) groups is 3. The Balaban J connectivity index is 1.39. The third-order valence-electron chi connectivity index (χ3n) is 6.83. The van der Waals surface area contributed by atoms with Crippen LogP contribution in [0.5, 0.6) is 0 Å². The molecule has 0 spiro atoms. The lowest BCUT2D eigenvalue weighted by atomic mass is 9.97. The number of rotatable bonds is 22. The number of nitrogens with one attached hydrogen (secondary N) is 3. The van der Waals surface area contributed by atoms with Crippen LogP contribution in [0.1, 0.15) is 19.8 Å². The molecule has 262 valence electrons. The molecule has 0 radical (unpaired) electrons. The highest BCUT2D eigenvalue weighted by Crippen LogP contribution is 2.22. The van der Waals surface area contributed by atoms with Crippen LogP contribution in [0.3, 0.4) is 0 Å². The Labute approximate surface area is 261 Å². The summed E-state index contributed by atoms with van der Waals surface area (Å²) in [6.45, 7) is 1.72. The molecule has 18 heteroatoms. The van der Waals surface area contributed by atoms with E-state index in [0.717, 1.165) is 0 Å². The fourth-order valence-corrected chi connectivity index (χ4v) is 4.46. The maximum atomic E-state index is 11.9. The van der Waals surface area contributed by atoms with Crippen LogP contribution in [0.15, 0.2) is 0 Å². The van der Waals surface area contributed by atoms with Crippen molar-refractivity contribution in [3.05, 3.63) is 0 Å². The first kappa shape index (κ1) is 39.1. The highest BCUT2D eigenvalue weighted by molar-refractivity contribution is 5.77. The normalized spacial score (nSPS) is 28.4. The van der Waals surface area contributed by atoms with Crippen LogP contribution >= 0.6 is 0 Å². The van der Waals surface area contributed by atoms with Gasteiger partial charge in [-0.3, -0.25) is 14.4 Å². The summed E-state index contributed by atoms with van der Waals surface area (Å²) in [5.74, 6) is -1.12. The molecule has 8 N–H and O–H groups in total. The quantitative estimate of drug-likeness (QED) is 0.0509. The maximum absolute atomic E-state index is 11.9. The van der Waals surface area contributed by atoms with E-state index in [1.807, 2.05) is 0 Å². The average molecular weight is 656 g/mol. The van der Waals surface area contributed by atoms with Crippen molar-refractivity contribution in [1.82, 2.24) is 16.0 Å². The van der Waals surface area contributed by atoms with Crippen molar-refractivity contribution in [2.45, 2.75) is 68.7 Å². The van der Waals surface area contributed by atoms with E-state index in [1.165, 1.54) is 6.92 Å². The lowest BCUT2D eigenvalue weighted by Gasteiger charge is -2.42. The highest BCUT2D eigenvalue weighted by atomic mass is 16.7. The van der Waals surface area contributed by atoms with E-state index < -0.39 is 55.4 Å². The first-order valence-electron chi connectivity index (χ1n) is 15.0. The van der Waals surface area contributed by atoms with Crippen LogP contribution in [0.4, 0.5) is 0 Å². The Morgan fingerprint density at radius 1 is 0.733 bits per heavy atom. The third-order valence-corrected chi connectivity index (χ3v) is 6.83. The van der Waals surface area contributed by atoms with E-state index in [4.69, 9.17) is 33.2 Å². The maximum Gasteiger partial charge on any atom is 0.246 e. The largest absolute Gasteiger partial charge is 0.394 e. The van der Waals surface area contributed by atoms with Crippen LogP contribution in [-0.2, 0) is 47.5 Å². The van der Waals surface area contributed by atoms with Crippen LogP contribution in [0.2, 0.25) is 0 Å². The minimum absolute atomic E-state index is 0.0196. The van der Waals surface area contributed by atoms with Crippen LogP contribution < -0.4 is 16.0 Å². The standard InChI is InChI=1S/C27H49N3O15/c1-17(33)30-24-26(38)25(37)21(14-32)45-27(24)43-11-10-39-5-4-28-22(35)15-41-8-6-40-7-9-42-16-23(36)29-12-18-2-3-19(34)20(13-31)44-18/h18-21,24-27,31-32,34,37-38H,2-16H2,1H3,(H,28,35)(H,29,36)(H,30,33). The fraction of sp³-hybridized carbons (Fsp3) is 0.889. The second-order valence-corrected chi connectivity index (χ2v) is 10.4. The molecule has 2 fully saturated rings. The van der Waals surface area contributed by atoms with E-state index in [9.17, 15) is 39.9 Å². The molecule has 0 saturated carbocycles. The van der Waals surface area contributed by atoms with Gasteiger partial charge in [-0.25, -0.2) is 0 Å². The van der Waals surface area contributed by atoms with Crippen molar-refractivity contribution in [3.63, 3.8) is 0 Å². The summed E-state index contributed by atoms with van der Waals surface area (Å²) in [6, 6.07) is -1.04. The summed E-state index contributed by atoms with van der Waals surface area (Å²) >= 11 is 0. The van der Waals surface area contributed by atoms with Gasteiger partial charge in [-0.2, -0.15) is 0 Å². The molecule has 2 saturated heterocycles. The lowest BCUT2D eigenvalue weighted by Crippen LogP contribution is -2.64. The summed E-state index contributed by atoms with van der Waals surface area (Å²) in [6.07, 6.45) is -5.52. The van der Waals surface area contributed by atoms with Crippen LogP contribution in [-0.4, -0.2) is 178 Å². The van der Waals surface area contributed by atoms with Gasteiger partial charge in [-0.1, -0.05) is 0 Å². The van der Waals surface area contributed by atoms with Gasteiger partial charge in [-0.05, 0) is 12.8 Å². The van der Waals surface area contributed by atoms with E-state index in [-0.39, 0.29) is 97.1 Å². The van der Waals surface area contributed by atoms with Crippen LogP contribution in [0, 0.1) is 0 Å². The molecule has 2 heterocycles. The summed E-state index contributed by atoms with van der Waals surface area (Å²) in [4.78, 5) is 35.2. The van der Waals surface area contributed by atoms with Crippen molar-refractivity contribution in [3.8, 4) is 0 Å². The summed E-state index contributed by atoms with van der Waals surface area (Å²) in [5, 5.41) is 56.2. The number of hydrogen-bond donors (Lipinski definition) is 8. The highest BCUT2D eigenvalue weighted by Gasteiger charge is 2.45. The molecule has 3 amide bonds. The van der Waals surface area contributed by atoms with Gasteiger partial charge in [0.05, 0.1) is 71.7 Å². The zero-order valence-corrected chi connectivity index (χ0v) is 25.5. The topological polar surface area (TPSA) is 253 Å². The van der Waals surface area contributed by atoms with Gasteiger partial charge >= 0.3 is 0 Å². The Bertz CT molecular complexity index is 856. The molecule has 0 aromatic rings. The first-order chi connectivity index (χ1) is 21.7. The number of carbonyl (C=O) groups excluding carboxylic acids is 3. The summed E-state index contributed by atoms with van der Waals surface area (Å²) < 4.78 is 37.7. The Morgan fingerprint density at radius 2 is 1.33 bits per heavy atom. The zero-order valence-electron chi connectivity index (χ0n) is 25.5. The van der Waals surface area contributed by atoms with E-state index in [0.29, 0.717) is 12.8 Å². The average Bonchev–Trinajstić information content (AvgIpc) is 3.02. The molecule has 0 aromatic heterocycles. The molecular formula is C27H49N3O15. The number of hydrogen-bond acceptors (Lipinski definition) is 15. The van der Waals surface area contributed by atoms with Gasteiger partial charge in [0.25, 0.3) is 0 Å². The third kappa shape index (κ3) is 15.4. The van der Waals surface area contributed by atoms with Crippen molar-refractivity contribution in [2.24, 2.45) is 0 Å². The number of aliphatic hydroxyl groups excluding tert-OH is 5. The van der Waals surface area contributed by atoms with E-state index in [1.54, 1.807) is 0 Å². The SMILES string of the molecule is CC(=O)NC1C(OCCOCCNC(=O)COCCOCCOCC(=O)NCC2CCC(O)C(CO)O2)OC(CO)C(O)C1O. The van der Waals surface area contributed by atoms with Gasteiger partial charge in [-0.15, -0.1) is 0 Å². The number of aliphatic hydroxyl groups is 5. The predicted octanol–water partition coefficient (Wildman–Crippen LogP) is -4.85. The molecule has 0 aromatic carbocycles. The van der Waals surface area contributed by atoms with Gasteiger partial charge in [0.2, 0.25) is 17.7 Å². The zero-order chi connectivity index (χ0) is 33.0. The minimum atomic E-state index is -1.40. The van der Waals surface area contributed by atoms with Crippen molar-refractivity contribution >= 4 is 17.7 Å². The summed E-state index contributed by atoms with van der Waals surface area (Å²) in [5.41, 5.74) is 0. The monoisotopic (exact) mass is 655 g/mol. The molecule has 8 atom stereocenters. The van der Waals surface area contributed by atoms with E-state index >= 15 is 0 Å². The first-order valence-corrected chi connectivity index (χ1v) is 15.0. The van der Waals surface area contributed by atoms with Gasteiger partial charge in [0.15, 0.2) is 6.29 Å². The van der Waals surface area contributed by atoms with Crippen molar-refractivity contribution in [2.75, 3.05) is 85.8 Å². The van der Waals surface area contributed by atoms with Gasteiger partial charge in [0.1, 0.15) is 43.7 Å². The molecular weight excluding hydrogens is 606 g/mol. The van der Waals surface area contributed by atoms with E-state index in [2.05, 4.69) is 16.0 Å². The Kier molecular flexibility index (Phi) is 19.5. The van der Waals surface area contributed by atoms with Gasteiger partial charge < -0.3 is 74.6 Å². The molecule has 8 unspecified atom stereocenters. The van der Waals surface area contributed by atoms with Gasteiger partial charge in [0, 0.05) is 20.0 Å². The molecule has 0 aliphatic carbocycles. The lowest BCUT2D eigenvalue weighted by molar-refractivity contribution is -0.272. The van der Waals surface area contributed by atoms with Crippen molar-refractivity contribution in [1.29, 1.82) is 0 Å². The molecule has 2 aliphatic heterocycles. The van der Waals surface area contributed by atoms with Crippen molar-refractivity contribution < 1.29 is 73.1 Å². The molecule has 2 rings (SSSR count).